The van der Waals surface area contributed by atoms with Crippen molar-refractivity contribution in [2.24, 2.45) is 0 Å². The van der Waals surface area contributed by atoms with Crippen LogP contribution in [-0.2, 0) is 0 Å². The highest BCUT2D eigenvalue weighted by Crippen LogP contribution is 2.26. The number of rotatable bonds is 6. The Morgan fingerprint density at radius 1 is 1.16 bits per heavy atom. The van der Waals surface area contributed by atoms with Crippen LogP contribution in [0.4, 0.5) is 0 Å². The van der Waals surface area contributed by atoms with E-state index in [1.165, 1.54) is 0 Å². The average Bonchev–Trinajstić information content (AvgIpc) is 3.16. The second-order valence-electron chi connectivity index (χ2n) is 5.45. The zero-order chi connectivity index (χ0) is 17.6. The van der Waals surface area contributed by atoms with Gasteiger partial charge in [-0.05, 0) is 42.8 Å². The van der Waals surface area contributed by atoms with Crippen LogP contribution < -0.4 is 10.1 Å². The van der Waals surface area contributed by atoms with Gasteiger partial charge < -0.3 is 14.6 Å². The summed E-state index contributed by atoms with van der Waals surface area (Å²) >= 11 is 0. The Labute approximate surface area is 145 Å². The van der Waals surface area contributed by atoms with E-state index in [0.29, 0.717) is 29.4 Å². The molecule has 0 aliphatic carbocycles. The van der Waals surface area contributed by atoms with Gasteiger partial charge in [-0.25, -0.2) is 0 Å². The predicted octanol–water partition coefficient (Wildman–Crippen LogP) is 3.55. The van der Waals surface area contributed by atoms with Crippen molar-refractivity contribution in [3.63, 3.8) is 0 Å². The van der Waals surface area contributed by atoms with E-state index >= 15 is 0 Å². The van der Waals surface area contributed by atoms with Crippen LogP contribution in [0.5, 0.6) is 5.75 Å². The summed E-state index contributed by atoms with van der Waals surface area (Å²) in [6.45, 7) is 2.62. The molecule has 1 heterocycles. The van der Waals surface area contributed by atoms with Gasteiger partial charge in [0.25, 0.3) is 11.8 Å². The molecule has 6 nitrogen and oxygen atoms in total. The first-order chi connectivity index (χ1) is 12.2. The monoisotopic (exact) mass is 337 g/mol. The summed E-state index contributed by atoms with van der Waals surface area (Å²) in [4.78, 5) is 16.8. The van der Waals surface area contributed by atoms with Crippen LogP contribution in [-0.4, -0.2) is 29.7 Å². The fourth-order valence-electron chi connectivity index (χ4n) is 2.39. The van der Waals surface area contributed by atoms with Crippen molar-refractivity contribution >= 4 is 5.91 Å². The quantitative estimate of drug-likeness (QED) is 0.744. The summed E-state index contributed by atoms with van der Waals surface area (Å²) in [7, 11) is 1.61. The molecule has 128 valence electrons. The number of amides is 1. The number of hydrogen-bond donors (Lipinski definition) is 1. The number of nitrogens with one attached hydrogen (secondary N) is 1. The molecule has 0 unspecified atom stereocenters. The third-order valence-corrected chi connectivity index (χ3v) is 3.71. The Balaban J connectivity index is 1.90. The van der Waals surface area contributed by atoms with Gasteiger partial charge in [0, 0.05) is 12.1 Å². The molecule has 0 aliphatic rings. The van der Waals surface area contributed by atoms with Crippen LogP contribution in [0.15, 0.2) is 53.1 Å². The second kappa shape index (κ2) is 7.61. The first-order valence-electron chi connectivity index (χ1n) is 8.08. The van der Waals surface area contributed by atoms with E-state index in [1.807, 2.05) is 43.3 Å². The fourth-order valence-corrected chi connectivity index (χ4v) is 2.39. The molecule has 0 bridgehead atoms. The Hall–Kier alpha value is -3.15. The molecule has 1 N–H and O–H groups in total. The topological polar surface area (TPSA) is 77.2 Å². The summed E-state index contributed by atoms with van der Waals surface area (Å²) in [5, 5.41) is 6.89. The number of benzene rings is 2. The minimum atomic E-state index is -0.151. The molecular formula is C19H19N3O3. The molecule has 2 aromatic carbocycles. The van der Waals surface area contributed by atoms with Crippen molar-refractivity contribution in [1.82, 2.24) is 15.5 Å². The summed E-state index contributed by atoms with van der Waals surface area (Å²) in [5.41, 5.74) is 1.94. The molecule has 0 fully saturated rings. The van der Waals surface area contributed by atoms with Gasteiger partial charge in [0.2, 0.25) is 5.82 Å². The zero-order valence-corrected chi connectivity index (χ0v) is 14.2. The highest BCUT2D eigenvalue weighted by atomic mass is 16.5. The fraction of sp³-hybridized carbons (Fsp3) is 0.211. The van der Waals surface area contributed by atoms with E-state index in [0.717, 1.165) is 17.7 Å². The lowest BCUT2D eigenvalue weighted by atomic mass is 10.1. The Morgan fingerprint density at radius 3 is 2.64 bits per heavy atom. The standard InChI is InChI=1S/C19H19N3O3/c1-3-12-20-18(23)15-6-4-5-7-16(15)19-21-17(22-25-19)13-8-10-14(24-2)11-9-13/h4-11H,3,12H2,1-2H3,(H,20,23). The van der Waals surface area contributed by atoms with E-state index in [2.05, 4.69) is 15.5 Å². The number of nitrogens with zero attached hydrogens (tertiary/aromatic N) is 2. The summed E-state index contributed by atoms with van der Waals surface area (Å²) in [5.74, 6) is 1.38. The van der Waals surface area contributed by atoms with Gasteiger partial charge in [-0.2, -0.15) is 4.98 Å². The molecule has 1 amide bonds. The maximum absolute atomic E-state index is 12.3. The molecule has 6 heteroatoms. The molecule has 0 saturated carbocycles. The largest absolute Gasteiger partial charge is 0.497 e. The van der Waals surface area contributed by atoms with Crippen molar-refractivity contribution in [3.05, 3.63) is 54.1 Å². The highest BCUT2D eigenvalue weighted by molar-refractivity contribution is 6.00. The van der Waals surface area contributed by atoms with Crippen molar-refractivity contribution in [3.8, 4) is 28.6 Å². The molecule has 3 aromatic rings. The van der Waals surface area contributed by atoms with Crippen LogP contribution in [0.1, 0.15) is 23.7 Å². The molecule has 0 spiro atoms. The zero-order valence-electron chi connectivity index (χ0n) is 14.2. The molecule has 0 aliphatic heterocycles. The van der Waals surface area contributed by atoms with Crippen LogP contribution in [0.25, 0.3) is 22.8 Å². The molecule has 0 saturated heterocycles. The van der Waals surface area contributed by atoms with E-state index in [4.69, 9.17) is 9.26 Å². The van der Waals surface area contributed by atoms with E-state index in [1.54, 1.807) is 19.2 Å². The van der Waals surface area contributed by atoms with Crippen LogP contribution in [0.3, 0.4) is 0 Å². The van der Waals surface area contributed by atoms with E-state index in [9.17, 15) is 4.79 Å². The normalized spacial score (nSPS) is 10.5. The number of carbonyl (C=O) groups excluding carboxylic acids is 1. The lowest BCUT2D eigenvalue weighted by Gasteiger charge is -2.06. The average molecular weight is 337 g/mol. The third kappa shape index (κ3) is 3.68. The summed E-state index contributed by atoms with van der Waals surface area (Å²) < 4.78 is 10.5. The highest BCUT2D eigenvalue weighted by Gasteiger charge is 2.17. The van der Waals surface area contributed by atoms with Crippen molar-refractivity contribution < 1.29 is 14.1 Å². The molecule has 1 aromatic heterocycles. The molecule has 0 atom stereocenters. The first kappa shape index (κ1) is 16.7. The third-order valence-electron chi connectivity index (χ3n) is 3.71. The van der Waals surface area contributed by atoms with Gasteiger partial charge in [-0.3, -0.25) is 4.79 Å². The van der Waals surface area contributed by atoms with Gasteiger partial charge >= 0.3 is 0 Å². The SMILES string of the molecule is CCCNC(=O)c1ccccc1-c1nc(-c2ccc(OC)cc2)no1. The Bertz CT molecular complexity index is 856. The second-order valence-corrected chi connectivity index (χ2v) is 5.45. The smallest absolute Gasteiger partial charge is 0.259 e. The van der Waals surface area contributed by atoms with Gasteiger partial charge in [-0.15, -0.1) is 0 Å². The van der Waals surface area contributed by atoms with E-state index in [-0.39, 0.29) is 5.91 Å². The van der Waals surface area contributed by atoms with Gasteiger partial charge in [0.1, 0.15) is 5.75 Å². The van der Waals surface area contributed by atoms with Crippen LogP contribution in [0, 0.1) is 0 Å². The molecule has 0 radical (unpaired) electrons. The minimum Gasteiger partial charge on any atom is -0.497 e. The molecule has 3 rings (SSSR count). The molecule has 25 heavy (non-hydrogen) atoms. The van der Waals surface area contributed by atoms with Crippen LogP contribution in [0.2, 0.25) is 0 Å². The number of methoxy groups -OCH3 is 1. The van der Waals surface area contributed by atoms with Crippen molar-refractivity contribution in [1.29, 1.82) is 0 Å². The maximum atomic E-state index is 12.3. The minimum absolute atomic E-state index is 0.151. The summed E-state index contributed by atoms with van der Waals surface area (Å²) in [6.07, 6.45) is 0.871. The van der Waals surface area contributed by atoms with Crippen LogP contribution >= 0.6 is 0 Å². The molecular weight excluding hydrogens is 318 g/mol. The van der Waals surface area contributed by atoms with Crippen molar-refractivity contribution in [2.75, 3.05) is 13.7 Å². The number of aromatic nitrogens is 2. The van der Waals surface area contributed by atoms with Crippen molar-refractivity contribution in [2.45, 2.75) is 13.3 Å². The number of carbonyl (C=O) groups is 1. The predicted molar refractivity (Wildman–Crippen MR) is 94.3 cm³/mol. The van der Waals surface area contributed by atoms with Gasteiger partial charge in [0.15, 0.2) is 0 Å². The maximum Gasteiger partial charge on any atom is 0.259 e. The van der Waals surface area contributed by atoms with E-state index < -0.39 is 0 Å². The summed E-state index contributed by atoms with van der Waals surface area (Å²) in [6, 6.07) is 14.6. The van der Waals surface area contributed by atoms with Gasteiger partial charge in [0.05, 0.1) is 18.2 Å². The Kier molecular flexibility index (Phi) is 5.09. The lowest BCUT2D eigenvalue weighted by Crippen LogP contribution is -2.24. The number of ether oxygens (including phenoxy) is 1. The van der Waals surface area contributed by atoms with Gasteiger partial charge in [-0.1, -0.05) is 24.2 Å². The lowest BCUT2D eigenvalue weighted by molar-refractivity contribution is 0.0954. The first-order valence-corrected chi connectivity index (χ1v) is 8.08. The Morgan fingerprint density at radius 2 is 1.92 bits per heavy atom. The number of hydrogen-bond acceptors (Lipinski definition) is 5.